The summed E-state index contributed by atoms with van der Waals surface area (Å²) in [5.74, 6) is -0.358. The molecule has 0 aliphatic rings. The molecule has 0 unspecified atom stereocenters. The third-order valence-corrected chi connectivity index (χ3v) is 3.70. The third-order valence-electron chi connectivity index (χ3n) is 3.28. The number of ether oxygens (including phenoxy) is 1. The molecule has 4 nitrogen and oxygen atoms in total. The van der Waals surface area contributed by atoms with E-state index in [4.69, 9.17) is 17.0 Å². The first-order valence-corrected chi connectivity index (χ1v) is 7.71. The zero-order chi connectivity index (χ0) is 15.7. The van der Waals surface area contributed by atoms with E-state index in [2.05, 4.69) is 12.2 Å². The number of esters is 1. The van der Waals surface area contributed by atoms with Crippen molar-refractivity contribution >= 4 is 29.0 Å². The fraction of sp³-hybridized carbons (Fsp3) is 0.500. The number of anilines is 1. The van der Waals surface area contributed by atoms with Crippen LogP contribution in [0.15, 0.2) is 24.3 Å². The molecule has 1 N–H and O–H groups in total. The molecular weight excluding hydrogens is 284 g/mol. The standard InChI is InChI=1S/C16H24N2O2S/c1-4-5-6-9-12-17-16(21)18(2)14-11-8-7-10-13(14)15(19)20-3/h7-8,10-11H,4-6,9,12H2,1-3H3,(H,17,21). The molecule has 1 aromatic rings. The van der Waals surface area contributed by atoms with Crippen LogP contribution >= 0.6 is 12.2 Å². The Morgan fingerprint density at radius 3 is 2.67 bits per heavy atom. The van der Waals surface area contributed by atoms with Gasteiger partial charge in [0.05, 0.1) is 18.4 Å². The van der Waals surface area contributed by atoms with Crippen LogP contribution < -0.4 is 10.2 Å². The number of rotatable bonds is 7. The first-order chi connectivity index (χ1) is 10.1. The van der Waals surface area contributed by atoms with E-state index in [1.807, 2.05) is 25.2 Å². The summed E-state index contributed by atoms with van der Waals surface area (Å²) in [4.78, 5) is 13.6. The van der Waals surface area contributed by atoms with E-state index in [1.165, 1.54) is 26.4 Å². The number of thiocarbonyl (C=S) groups is 1. The Morgan fingerprint density at radius 1 is 1.29 bits per heavy atom. The van der Waals surface area contributed by atoms with Gasteiger partial charge >= 0.3 is 5.97 Å². The highest BCUT2D eigenvalue weighted by Crippen LogP contribution is 2.20. The quantitative estimate of drug-likeness (QED) is 0.475. The van der Waals surface area contributed by atoms with Crippen molar-refractivity contribution in [3.05, 3.63) is 29.8 Å². The topological polar surface area (TPSA) is 41.6 Å². The fourth-order valence-corrected chi connectivity index (χ4v) is 2.22. The minimum Gasteiger partial charge on any atom is -0.465 e. The molecule has 0 amide bonds. The summed E-state index contributed by atoms with van der Waals surface area (Å²) in [6.45, 7) is 3.04. The van der Waals surface area contributed by atoms with Crippen molar-refractivity contribution < 1.29 is 9.53 Å². The molecule has 0 saturated carbocycles. The first kappa shape index (κ1) is 17.4. The van der Waals surface area contributed by atoms with Crippen LogP contribution in [0.25, 0.3) is 0 Å². The van der Waals surface area contributed by atoms with Crippen molar-refractivity contribution in [2.75, 3.05) is 25.6 Å². The molecule has 1 rings (SSSR count). The Labute approximate surface area is 132 Å². The maximum atomic E-state index is 11.8. The molecule has 0 aliphatic heterocycles. The molecular formula is C16H24N2O2S. The zero-order valence-corrected chi connectivity index (χ0v) is 13.8. The van der Waals surface area contributed by atoms with E-state index in [-0.39, 0.29) is 5.97 Å². The Morgan fingerprint density at radius 2 is 2.00 bits per heavy atom. The van der Waals surface area contributed by atoms with Gasteiger partial charge in [0.15, 0.2) is 5.11 Å². The lowest BCUT2D eigenvalue weighted by Crippen LogP contribution is -2.38. The summed E-state index contributed by atoms with van der Waals surface area (Å²) in [5.41, 5.74) is 1.26. The number of hydrogen-bond donors (Lipinski definition) is 1. The van der Waals surface area contributed by atoms with Crippen LogP contribution in [0.3, 0.4) is 0 Å². The molecule has 0 saturated heterocycles. The number of benzene rings is 1. The Hall–Kier alpha value is -1.62. The zero-order valence-electron chi connectivity index (χ0n) is 13.0. The Kier molecular flexibility index (Phi) is 7.75. The normalized spacial score (nSPS) is 10.0. The first-order valence-electron chi connectivity index (χ1n) is 7.30. The molecule has 0 atom stereocenters. The van der Waals surface area contributed by atoms with Gasteiger partial charge in [-0.2, -0.15) is 0 Å². The Balaban J connectivity index is 2.64. The predicted molar refractivity (Wildman–Crippen MR) is 90.9 cm³/mol. The highest BCUT2D eigenvalue weighted by Gasteiger charge is 2.16. The number of nitrogens with one attached hydrogen (secondary N) is 1. The Bertz CT molecular complexity index is 477. The highest BCUT2D eigenvalue weighted by atomic mass is 32.1. The van der Waals surface area contributed by atoms with Crippen LogP contribution in [0.1, 0.15) is 43.0 Å². The van der Waals surface area contributed by atoms with Gasteiger partial charge in [0, 0.05) is 13.6 Å². The molecule has 0 fully saturated rings. The largest absolute Gasteiger partial charge is 0.465 e. The minimum absolute atomic E-state index is 0.358. The maximum Gasteiger partial charge on any atom is 0.339 e. The molecule has 0 heterocycles. The molecule has 116 valence electrons. The molecule has 0 spiro atoms. The van der Waals surface area contributed by atoms with E-state index in [1.54, 1.807) is 11.0 Å². The van der Waals surface area contributed by atoms with Crippen molar-refractivity contribution in [2.24, 2.45) is 0 Å². The fourth-order valence-electron chi connectivity index (χ4n) is 2.02. The molecule has 1 aromatic carbocycles. The van der Waals surface area contributed by atoms with Gasteiger partial charge in [-0.15, -0.1) is 0 Å². The van der Waals surface area contributed by atoms with Crippen LogP contribution in [-0.2, 0) is 4.74 Å². The summed E-state index contributed by atoms with van der Waals surface area (Å²) in [6, 6.07) is 7.28. The van der Waals surface area contributed by atoms with E-state index in [9.17, 15) is 4.79 Å². The number of methoxy groups -OCH3 is 1. The summed E-state index contributed by atoms with van der Waals surface area (Å²) < 4.78 is 4.80. The third kappa shape index (κ3) is 5.34. The summed E-state index contributed by atoms with van der Waals surface area (Å²) in [5, 5.41) is 3.84. The lowest BCUT2D eigenvalue weighted by atomic mass is 10.1. The molecule has 0 radical (unpaired) electrons. The minimum atomic E-state index is -0.358. The molecule has 5 heteroatoms. The van der Waals surface area contributed by atoms with Gasteiger partial charge in [0.2, 0.25) is 0 Å². The number of hydrogen-bond acceptors (Lipinski definition) is 3. The smallest absolute Gasteiger partial charge is 0.339 e. The number of carbonyl (C=O) groups excluding carboxylic acids is 1. The summed E-state index contributed by atoms with van der Waals surface area (Å²) >= 11 is 5.38. The van der Waals surface area contributed by atoms with Crippen molar-refractivity contribution in [1.82, 2.24) is 5.32 Å². The van der Waals surface area contributed by atoms with Crippen molar-refractivity contribution in [3.8, 4) is 0 Å². The second-order valence-corrected chi connectivity index (χ2v) is 5.25. The molecule has 0 aromatic heterocycles. The van der Waals surface area contributed by atoms with E-state index >= 15 is 0 Å². The maximum absolute atomic E-state index is 11.8. The van der Waals surface area contributed by atoms with Crippen LogP contribution in [0.4, 0.5) is 5.69 Å². The van der Waals surface area contributed by atoms with Crippen molar-refractivity contribution in [1.29, 1.82) is 0 Å². The van der Waals surface area contributed by atoms with Gasteiger partial charge in [0.25, 0.3) is 0 Å². The average molecular weight is 308 g/mol. The number of unbranched alkanes of at least 4 members (excludes halogenated alkanes) is 3. The summed E-state index contributed by atoms with van der Waals surface area (Å²) in [6.07, 6.45) is 4.77. The molecule has 21 heavy (non-hydrogen) atoms. The van der Waals surface area contributed by atoms with E-state index in [0.717, 1.165) is 18.7 Å². The number of para-hydroxylation sites is 1. The lowest BCUT2D eigenvalue weighted by molar-refractivity contribution is 0.0601. The van der Waals surface area contributed by atoms with E-state index < -0.39 is 0 Å². The summed E-state index contributed by atoms with van der Waals surface area (Å²) in [7, 11) is 3.23. The van der Waals surface area contributed by atoms with Gasteiger partial charge in [0.1, 0.15) is 0 Å². The van der Waals surface area contributed by atoms with Gasteiger partial charge in [-0.05, 0) is 30.8 Å². The van der Waals surface area contributed by atoms with Gasteiger partial charge in [-0.25, -0.2) is 4.79 Å². The number of nitrogens with zero attached hydrogens (tertiary/aromatic N) is 1. The van der Waals surface area contributed by atoms with E-state index in [0.29, 0.717) is 10.7 Å². The second-order valence-electron chi connectivity index (χ2n) is 4.86. The average Bonchev–Trinajstić information content (AvgIpc) is 2.53. The lowest BCUT2D eigenvalue weighted by Gasteiger charge is -2.23. The van der Waals surface area contributed by atoms with Gasteiger partial charge in [-0.1, -0.05) is 38.3 Å². The van der Waals surface area contributed by atoms with Crippen molar-refractivity contribution in [2.45, 2.75) is 32.6 Å². The van der Waals surface area contributed by atoms with Gasteiger partial charge < -0.3 is 15.0 Å². The molecule has 0 aliphatic carbocycles. The van der Waals surface area contributed by atoms with Crippen LogP contribution in [0, 0.1) is 0 Å². The molecule has 0 bridgehead atoms. The predicted octanol–water partition coefficient (Wildman–Crippen LogP) is 3.36. The monoisotopic (exact) mass is 308 g/mol. The van der Waals surface area contributed by atoms with Crippen LogP contribution in [-0.4, -0.2) is 31.8 Å². The van der Waals surface area contributed by atoms with Crippen molar-refractivity contribution in [3.63, 3.8) is 0 Å². The van der Waals surface area contributed by atoms with Gasteiger partial charge in [-0.3, -0.25) is 0 Å². The second kappa shape index (κ2) is 9.34. The SMILES string of the molecule is CCCCCCNC(=S)N(C)c1ccccc1C(=O)OC. The highest BCUT2D eigenvalue weighted by molar-refractivity contribution is 7.80. The van der Waals surface area contributed by atoms with Crippen LogP contribution in [0.5, 0.6) is 0 Å². The van der Waals surface area contributed by atoms with Crippen LogP contribution in [0.2, 0.25) is 0 Å². The number of carbonyl (C=O) groups is 1.